The first-order chi connectivity index (χ1) is 10.3. The molecule has 0 spiro atoms. The van der Waals surface area contributed by atoms with Gasteiger partial charge in [0, 0.05) is 30.6 Å². The molecule has 21 heavy (non-hydrogen) atoms. The van der Waals surface area contributed by atoms with E-state index in [0.29, 0.717) is 17.8 Å². The van der Waals surface area contributed by atoms with Gasteiger partial charge in [-0.2, -0.15) is 16.7 Å². The molecule has 0 saturated carbocycles. The number of thioether (sulfide) groups is 1. The molecule has 0 aliphatic carbocycles. The Morgan fingerprint density at radius 2 is 2.33 bits per heavy atom. The number of likely N-dealkylation sites (N-methyl/N-ethyl adjacent to an activating group) is 1. The molecule has 1 aromatic rings. The minimum atomic E-state index is -0.0510. The summed E-state index contributed by atoms with van der Waals surface area (Å²) in [5.41, 5.74) is 0. The molecule has 6 nitrogen and oxygen atoms in total. The molecule has 3 atom stereocenters. The number of morpholine rings is 1. The Balaban J connectivity index is 1.67. The highest BCUT2D eigenvalue weighted by atomic mass is 32.2. The Labute approximate surface area is 130 Å². The van der Waals surface area contributed by atoms with Gasteiger partial charge in [0.2, 0.25) is 11.7 Å². The Morgan fingerprint density at radius 3 is 3.14 bits per heavy atom. The summed E-state index contributed by atoms with van der Waals surface area (Å²) in [4.78, 5) is 7.03. The van der Waals surface area contributed by atoms with Gasteiger partial charge in [-0.1, -0.05) is 12.1 Å². The largest absolute Gasteiger partial charge is 0.367 e. The average Bonchev–Trinajstić information content (AvgIpc) is 3.16. The molecule has 7 heteroatoms. The van der Waals surface area contributed by atoms with Crippen LogP contribution in [0.15, 0.2) is 4.52 Å². The normalized spacial score (nSPS) is 30.9. The van der Waals surface area contributed by atoms with E-state index in [1.807, 2.05) is 18.8 Å². The zero-order chi connectivity index (χ0) is 14.7. The maximum absolute atomic E-state index is 5.82. The van der Waals surface area contributed by atoms with Crippen LogP contribution >= 0.6 is 11.8 Å². The first-order valence-electron chi connectivity index (χ1n) is 7.74. The molecule has 1 N–H and O–H groups in total. The van der Waals surface area contributed by atoms with Gasteiger partial charge in [0.25, 0.3) is 0 Å². The fraction of sp³-hybridized carbons (Fsp3) is 0.857. The lowest BCUT2D eigenvalue weighted by Gasteiger charge is -2.30. The standard InChI is InChI=1S/C14H24N4O2S/c1-3-4-18-5-6-19-12(7-18)13-16-14(20-17-13)10-8-21-9-11(10)15-2/h10-12,15H,3-9H2,1-2H3. The van der Waals surface area contributed by atoms with E-state index in [9.17, 15) is 0 Å². The summed E-state index contributed by atoms with van der Waals surface area (Å²) < 4.78 is 11.3. The number of hydrogen-bond donors (Lipinski definition) is 1. The third kappa shape index (κ3) is 3.41. The van der Waals surface area contributed by atoms with Gasteiger partial charge in [-0.25, -0.2) is 0 Å². The van der Waals surface area contributed by atoms with Crippen molar-refractivity contribution in [2.45, 2.75) is 31.4 Å². The van der Waals surface area contributed by atoms with Gasteiger partial charge in [0.05, 0.1) is 12.5 Å². The van der Waals surface area contributed by atoms with Gasteiger partial charge in [0.1, 0.15) is 6.10 Å². The molecule has 3 rings (SSSR count). The molecule has 3 heterocycles. The van der Waals surface area contributed by atoms with E-state index < -0.39 is 0 Å². The van der Waals surface area contributed by atoms with E-state index in [-0.39, 0.29) is 6.10 Å². The molecular formula is C14H24N4O2S. The molecule has 0 aromatic carbocycles. The third-order valence-corrected chi connectivity index (χ3v) is 5.39. The van der Waals surface area contributed by atoms with Crippen molar-refractivity contribution >= 4 is 11.8 Å². The van der Waals surface area contributed by atoms with E-state index in [0.717, 1.165) is 50.1 Å². The summed E-state index contributed by atoms with van der Waals surface area (Å²) >= 11 is 1.93. The van der Waals surface area contributed by atoms with E-state index >= 15 is 0 Å². The van der Waals surface area contributed by atoms with Crippen LogP contribution < -0.4 is 5.32 Å². The van der Waals surface area contributed by atoms with Crippen molar-refractivity contribution in [3.63, 3.8) is 0 Å². The van der Waals surface area contributed by atoms with Crippen LogP contribution in [0.1, 0.15) is 37.1 Å². The van der Waals surface area contributed by atoms with Crippen molar-refractivity contribution in [3.05, 3.63) is 11.7 Å². The second-order valence-corrected chi connectivity index (χ2v) is 6.76. The number of nitrogens with zero attached hydrogens (tertiary/aromatic N) is 3. The van der Waals surface area contributed by atoms with Crippen molar-refractivity contribution in [2.24, 2.45) is 0 Å². The summed E-state index contributed by atoms with van der Waals surface area (Å²) in [5, 5.41) is 7.51. The van der Waals surface area contributed by atoms with E-state index in [4.69, 9.17) is 9.26 Å². The minimum absolute atomic E-state index is 0.0510. The highest BCUT2D eigenvalue weighted by molar-refractivity contribution is 7.99. The highest BCUT2D eigenvalue weighted by Gasteiger charge is 2.34. The molecule has 0 radical (unpaired) electrons. The number of hydrogen-bond acceptors (Lipinski definition) is 7. The number of nitrogens with one attached hydrogen (secondary N) is 1. The molecule has 118 valence electrons. The quantitative estimate of drug-likeness (QED) is 0.878. The smallest absolute Gasteiger partial charge is 0.232 e. The SMILES string of the molecule is CCCN1CCOC(c2noc(C3CSCC3NC)n2)C1. The Morgan fingerprint density at radius 1 is 1.43 bits per heavy atom. The third-order valence-electron chi connectivity index (χ3n) is 4.20. The summed E-state index contributed by atoms with van der Waals surface area (Å²) in [6.45, 7) is 5.91. The highest BCUT2D eigenvalue weighted by Crippen LogP contribution is 2.32. The molecule has 0 amide bonds. The molecule has 2 fully saturated rings. The lowest BCUT2D eigenvalue weighted by Crippen LogP contribution is -2.39. The second-order valence-electron chi connectivity index (χ2n) is 5.69. The zero-order valence-electron chi connectivity index (χ0n) is 12.7. The zero-order valence-corrected chi connectivity index (χ0v) is 13.6. The van der Waals surface area contributed by atoms with Crippen LogP contribution in [0.5, 0.6) is 0 Å². The number of ether oxygens (including phenoxy) is 1. The lowest BCUT2D eigenvalue weighted by atomic mass is 10.0. The second kappa shape index (κ2) is 7.09. The number of rotatable bonds is 5. The average molecular weight is 312 g/mol. The Bertz CT molecular complexity index is 454. The Hall–Kier alpha value is -0.630. The van der Waals surface area contributed by atoms with Crippen molar-refractivity contribution in [1.82, 2.24) is 20.4 Å². The minimum Gasteiger partial charge on any atom is -0.367 e. The lowest BCUT2D eigenvalue weighted by molar-refractivity contribution is -0.0350. The van der Waals surface area contributed by atoms with Crippen LogP contribution in [0.2, 0.25) is 0 Å². The summed E-state index contributed by atoms with van der Waals surface area (Å²) in [6.07, 6.45) is 1.11. The van der Waals surface area contributed by atoms with Crippen LogP contribution in [0.25, 0.3) is 0 Å². The van der Waals surface area contributed by atoms with Crippen LogP contribution in [0.4, 0.5) is 0 Å². The molecule has 1 aromatic heterocycles. The maximum atomic E-state index is 5.82. The van der Waals surface area contributed by atoms with Crippen molar-refractivity contribution in [3.8, 4) is 0 Å². The van der Waals surface area contributed by atoms with Crippen LogP contribution in [-0.4, -0.2) is 65.9 Å². The number of aromatic nitrogens is 2. The van der Waals surface area contributed by atoms with Crippen LogP contribution in [-0.2, 0) is 4.74 Å². The van der Waals surface area contributed by atoms with Gasteiger partial charge >= 0.3 is 0 Å². The predicted octanol–water partition coefficient (Wildman–Crippen LogP) is 1.27. The van der Waals surface area contributed by atoms with Gasteiger partial charge in [0.15, 0.2) is 0 Å². The molecular weight excluding hydrogens is 288 g/mol. The molecule has 2 aliphatic heterocycles. The Kier molecular flexibility index (Phi) is 5.15. The van der Waals surface area contributed by atoms with Gasteiger partial charge < -0.3 is 14.6 Å². The molecule has 2 aliphatic rings. The molecule has 0 bridgehead atoms. The van der Waals surface area contributed by atoms with Crippen molar-refractivity contribution in [1.29, 1.82) is 0 Å². The first kappa shape index (κ1) is 15.3. The molecule has 3 unspecified atom stereocenters. The van der Waals surface area contributed by atoms with Gasteiger partial charge in [-0.3, -0.25) is 4.90 Å². The summed E-state index contributed by atoms with van der Waals surface area (Å²) in [5.74, 6) is 3.92. The maximum Gasteiger partial charge on any atom is 0.232 e. The topological polar surface area (TPSA) is 63.4 Å². The van der Waals surface area contributed by atoms with E-state index in [1.165, 1.54) is 0 Å². The predicted molar refractivity (Wildman–Crippen MR) is 82.6 cm³/mol. The fourth-order valence-corrected chi connectivity index (χ4v) is 4.41. The van der Waals surface area contributed by atoms with Gasteiger partial charge in [-0.05, 0) is 20.0 Å². The summed E-state index contributed by atoms with van der Waals surface area (Å²) in [7, 11) is 1.99. The summed E-state index contributed by atoms with van der Waals surface area (Å²) in [6, 6.07) is 0.423. The first-order valence-corrected chi connectivity index (χ1v) is 8.89. The van der Waals surface area contributed by atoms with Crippen molar-refractivity contribution < 1.29 is 9.26 Å². The van der Waals surface area contributed by atoms with Crippen LogP contribution in [0, 0.1) is 0 Å². The monoisotopic (exact) mass is 312 g/mol. The van der Waals surface area contributed by atoms with E-state index in [2.05, 4.69) is 27.3 Å². The van der Waals surface area contributed by atoms with Crippen molar-refractivity contribution in [2.75, 3.05) is 44.8 Å². The van der Waals surface area contributed by atoms with Crippen LogP contribution in [0.3, 0.4) is 0 Å². The van der Waals surface area contributed by atoms with Gasteiger partial charge in [-0.15, -0.1) is 0 Å². The molecule has 2 saturated heterocycles. The van der Waals surface area contributed by atoms with E-state index in [1.54, 1.807) is 0 Å². The fourth-order valence-electron chi connectivity index (χ4n) is 2.99.